The molecule has 0 radical (unpaired) electrons. The van der Waals surface area contributed by atoms with Crippen molar-refractivity contribution < 1.29 is 19.4 Å². The number of likely N-dealkylation sites (tertiary alicyclic amines) is 1. The first-order valence-corrected chi connectivity index (χ1v) is 8.19. The van der Waals surface area contributed by atoms with Crippen molar-refractivity contribution in [1.82, 2.24) is 4.90 Å². The molecule has 128 valence electrons. The first-order chi connectivity index (χ1) is 11.0. The fourth-order valence-corrected chi connectivity index (χ4v) is 3.53. The molecular formula is C17H24ClNO4. The van der Waals surface area contributed by atoms with Gasteiger partial charge in [0.25, 0.3) is 0 Å². The zero-order valence-electron chi connectivity index (χ0n) is 13.9. The summed E-state index contributed by atoms with van der Waals surface area (Å²) in [6, 6.07) is 3.61. The van der Waals surface area contributed by atoms with Crippen LogP contribution in [-0.2, 0) is 11.3 Å². The maximum atomic E-state index is 11.7. The van der Waals surface area contributed by atoms with Gasteiger partial charge in [-0.15, -0.1) is 0 Å². The second-order valence-electron chi connectivity index (χ2n) is 6.05. The van der Waals surface area contributed by atoms with Crippen molar-refractivity contribution in [1.29, 1.82) is 0 Å². The number of ether oxygens (including phenoxy) is 2. The summed E-state index contributed by atoms with van der Waals surface area (Å²) in [6.07, 6.45) is 2.25. The van der Waals surface area contributed by atoms with E-state index in [0.29, 0.717) is 36.0 Å². The van der Waals surface area contributed by atoms with Gasteiger partial charge in [0.15, 0.2) is 0 Å². The number of methoxy groups -OCH3 is 2. The summed E-state index contributed by atoms with van der Waals surface area (Å²) in [6.45, 7) is 3.98. The number of nitrogens with zero attached hydrogens (tertiary/aromatic N) is 1. The fraction of sp³-hybridized carbons (Fsp3) is 0.588. The zero-order valence-corrected chi connectivity index (χ0v) is 14.7. The molecule has 1 aromatic carbocycles. The molecule has 1 fully saturated rings. The lowest BCUT2D eigenvalue weighted by molar-refractivity contribution is -0.153. The molecule has 1 saturated heterocycles. The Hall–Kier alpha value is -1.46. The van der Waals surface area contributed by atoms with Crippen LogP contribution in [0, 0.1) is 5.41 Å². The van der Waals surface area contributed by atoms with E-state index in [1.807, 2.05) is 13.0 Å². The second-order valence-corrected chi connectivity index (χ2v) is 6.46. The Bertz CT molecular complexity index is 578. The fourth-order valence-electron chi connectivity index (χ4n) is 3.26. The molecule has 1 atom stereocenters. The van der Waals surface area contributed by atoms with Crippen LogP contribution in [0.15, 0.2) is 12.1 Å². The van der Waals surface area contributed by atoms with Gasteiger partial charge in [0.1, 0.15) is 11.5 Å². The maximum absolute atomic E-state index is 11.7. The topological polar surface area (TPSA) is 59.0 Å². The van der Waals surface area contributed by atoms with E-state index < -0.39 is 11.4 Å². The minimum Gasteiger partial charge on any atom is -0.496 e. The Labute approximate surface area is 142 Å². The van der Waals surface area contributed by atoms with E-state index in [4.69, 9.17) is 21.1 Å². The normalized spacial score (nSPS) is 21.9. The Morgan fingerprint density at radius 3 is 2.61 bits per heavy atom. The van der Waals surface area contributed by atoms with Gasteiger partial charge in [-0.1, -0.05) is 18.5 Å². The molecule has 0 amide bonds. The largest absolute Gasteiger partial charge is 0.496 e. The summed E-state index contributed by atoms with van der Waals surface area (Å²) in [5.74, 6) is 0.568. The van der Waals surface area contributed by atoms with Gasteiger partial charge in [0.2, 0.25) is 0 Å². The SMILES string of the molecule is CCC1(C(=O)O)CCCN(Cc2cc(Cl)c(OC)cc2OC)C1. The molecule has 0 aliphatic carbocycles. The number of piperidine rings is 1. The van der Waals surface area contributed by atoms with E-state index in [0.717, 1.165) is 24.9 Å². The lowest BCUT2D eigenvalue weighted by Gasteiger charge is -2.39. The van der Waals surface area contributed by atoms with Gasteiger partial charge in [-0.25, -0.2) is 0 Å². The van der Waals surface area contributed by atoms with E-state index in [9.17, 15) is 9.90 Å². The molecule has 1 heterocycles. The highest BCUT2D eigenvalue weighted by Gasteiger charge is 2.40. The average Bonchev–Trinajstić information content (AvgIpc) is 2.55. The van der Waals surface area contributed by atoms with Gasteiger partial charge in [-0.05, 0) is 31.9 Å². The third kappa shape index (κ3) is 3.72. The number of hydrogen-bond donors (Lipinski definition) is 1. The van der Waals surface area contributed by atoms with E-state index in [2.05, 4.69) is 4.90 Å². The third-order valence-corrected chi connectivity index (χ3v) is 5.03. The van der Waals surface area contributed by atoms with E-state index >= 15 is 0 Å². The van der Waals surface area contributed by atoms with Crippen molar-refractivity contribution in [3.8, 4) is 11.5 Å². The molecular weight excluding hydrogens is 318 g/mol. The molecule has 0 aromatic heterocycles. The van der Waals surface area contributed by atoms with Crippen LogP contribution < -0.4 is 9.47 Å². The molecule has 1 aromatic rings. The van der Waals surface area contributed by atoms with Crippen LogP contribution in [0.5, 0.6) is 11.5 Å². The van der Waals surface area contributed by atoms with Crippen molar-refractivity contribution in [2.75, 3.05) is 27.3 Å². The molecule has 1 aliphatic rings. The number of aliphatic carboxylic acids is 1. The smallest absolute Gasteiger partial charge is 0.310 e. The van der Waals surface area contributed by atoms with Gasteiger partial charge < -0.3 is 14.6 Å². The number of carbonyl (C=O) groups is 1. The molecule has 23 heavy (non-hydrogen) atoms. The van der Waals surface area contributed by atoms with Gasteiger partial charge in [-0.3, -0.25) is 9.69 Å². The molecule has 1 N–H and O–H groups in total. The van der Waals surface area contributed by atoms with E-state index in [1.54, 1.807) is 20.3 Å². The highest BCUT2D eigenvalue weighted by molar-refractivity contribution is 6.32. The number of carboxylic acid groups (broad SMARTS) is 1. The predicted octanol–water partition coefficient (Wildman–Crippen LogP) is 3.43. The minimum atomic E-state index is -0.704. The van der Waals surface area contributed by atoms with E-state index in [1.165, 1.54) is 0 Å². The number of rotatable bonds is 6. The highest BCUT2D eigenvalue weighted by Crippen LogP contribution is 2.37. The summed E-state index contributed by atoms with van der Waals surface area (Å²) in [5.41, 5.74) is 0.289. The van der Waals surface area contributed by atoms with Crippen molar-refractivity contribution in [2.24, 2.45) is 5.41 Å². The number of halogens is 1. The monoisotopic (exact) mass is 341 g/mol. The lowest BCUT2D eigenvalue weighted by atomic mass is 9.77. The summed E-state index contributed by atoms with van der Waals surface area (Å²) < 4.78 is 10.6. The van der Waals surface area contributed by atoms with Crippen LogP contribution in [-0.4, -0.2) is 43.3 Å². The first kappa shape index (κ1) is 17.9. The molecule has 0 saturated carbocycles. The van der Waals surface area contributed by atoms with Crippen LogP contribution in [0.3, 0.4) is 0 Å². The quantitative estimate of drug-likeness (QED) is 0.859. The summed E-state index contributed by atoms with van der Waals surface area (Å²) in [5, 5.41) is 10.1. The number of carboxylic acids is 1. The Morgan fingerprint density at radius 2 is 2.04 bits per heavy atom. The second kappa shape index (κ2) is 7.41. The Morgan fingerprint density at radius 1 is 1.35 bits per heavy atom. The van der Waals surface area contributed by atoms with E-state index in [-0.39, 0.29) is 0 Å². The molecule has 2 rings (SSSR count). The van der Waals surface area contributed by atoms with Crippen molar-refractivity contribution >= 4 is 17.6 Å². The lowest BCUT2D eigenvalue weighted by Crippen LogP contribution is -2.47. The van der Waals surface area contributed by atoms with Crippen LogP contribution in [0.1, 0.15) is 31.7 Å². The molecule has 1 unspecified atom stereocenters. The molecule has 6 heteroatoms. The van der Waals surface area contributed by atoms with Gasteiger partial charge in [0, 0.05) is 24.7 Å². The number of benzene rings is 1. The van der Waals surface area contributed by atoms with Gasteiger partial charge in [0.05, 0.1) is 24.7 Å². The molecule has 5 nitrogen and oxygen atoms in total. The molecule has 0 bridgehead atoms. The van der Waals surface area contributed by atoms with Crippen LogP contribution >= 0.6 is 11.6 Å². The van der Waals surface area contributed by atoms with Crippen LogP contribution in [0.25, 0.3) is 0 Å². The summed E-state index contributed by atoms with van der Waals surface area (Å²) >= 11 is 6.22. The van der Waals surface area contributed by atoms with Crippen LogP contribution in [0.4, 0.5) is 0 Å². The van der Waals surface area contributed by atoms with Gasteiger partial charge >= 0.3 is 5.97 Å². The predicted molar refractivity (Wildman–Crippen MR) is 89.4 cm³/mol. The first-order valence-electron chi connectivity index (χ1n) is 7.82. The Balaban J connectivity index is 2.21. The Kier molecular flexibility index (Phi) is 5.76. The van der Waals surface area contributed by atoms with Crippen molar-refractivity contribution in [2.45, 2.75) is 32.7 Å². The number of hydrogen-bond acceptors (Lipinski definition) is 4. The third-order valence-electron chi connectivity index (χ3n) is 4.74. The maximum Gasteiger partial charge on any atom is 0.310 e. The molecule has 1 aliphatic heterocycles. The standard InChI is InChI=1S/C17H24ClNO4/c1-4-17(16(20)21)6-5-7-19(11-17)10-12-8-13(18)15(23-3)9-14(12)22-2/h8-9H,4-7,10-11H2,1-3H3,(H,20,21). The molecule has 0 spiro atoms. The zero-order chi connectivity index (χ0) is 17.0. The summed E-state index contributed by atoms with van der Waals surface area (Å²) in [4.78, 5) is 13.8. The van der Waals surface area contributed by atoms with Crippen LogP contribution in [0.2, 0.25) is 5.02 Å². The van der Waals surface area contributed by atoms with Crippen molar-refractivity contribution in [3.05, 3.63) is 22.7 Å². The van der Waals surface area contributed by atoms with Gasteiger partial charge in [-0.2, -0.15) is 0 Å². The minimum absolute atomic E-state index is 0.528. The summed E-state index contributed by atoms with van der Waals surface area (Å²) in [7, 11) is 3.17. The highest BCUT2D eigenvalue weighted by atomic mass is 35.5. The average molecular weight is 342 g/mol. The van der Waals surface area contributed by atoms with Crippen molar-refractivity contribution in [3.63, 3.8) is 0 Å².